The van der Waals surface area contributed by atoms with Crippen LogP contribution in [0.15, 0.2) is 72.8 Å². The van der Waals surface area contributed by atoms with Crippen LogP contribution in [0, 0.1) is 47.3 Å². The van der Waals surface area contributed by atoms with Crippen LogP contribution in [-0.2, 0) is 19.2 Å². The maximum atomic E-state index is 13.0. The van der Waals surface area contributed by atoms with E-state index in [1.165, 1.54) is 9.80 Å². The van der Waals surface area contributed by atoms with Crippen molar-refractivity contribution in [1.82, 2.24) is 0 Å². The number of carbonyl (C=O) groups is 4. The number of rotatable bonds is 4. The van der Waals surface area contributed by atoms with Gasteiger partial charge in [0.25, 0.3) is 0 Å². The van der Waals surface area contributed by atoms with Crippen molar-refractivity contribution in [3.8, 4) is 11.5 Å². The fourth-order valence-corrected chi connectivity index (χ4v) is 7.78. The summed E-state index contributed by atoms with van der Waals surface area (Å²) >= 11 is 0. The molecule has 4 amide bonds. The fraction of sp³-hybridized carbons (Fsp3) is 0.333. The highest BCUT2D eigenvalue weighted by molar-refractivity contribution is 6.23. The van der Waals surface area contributed by atoms with E-state index in [-0.39, 0.29) is 71.0 Å². The minimum Gasteiger partial charge on any atom is -0.457 e. The molecule has 2 aromatic carbocycles. The van der Waals surface area contributed by atoms with E-state index in [9.17, 15) is 19.2 Å². The summed E-state index contributed by atoms with van der Waals surface area (Å²) in [5.74, 6) is 0.531. The second-order valence-electron chi connectivity index (χ2n) is 11.1. The molecule has 0 aromatic heterocycles. The van der Waals surface area contributed by atoms with Crippen LogP contribution in [0.2, 0.25) is 0 Å². The molecule has 0 radical (unpaired) electrons. The summed E-state index contributed by atoms with van der Waals surface area (Å²) in [5, 5.41) is 0. The predicted octanol–water partition coefficient (Wildman–Crippen LogP) is 4.10. The Morgan fingerprint density at radius 2 is 0.784 bits per heavy atom. The lowest BCUT2D eigenvalue weighted by Crippen LogP contribution is -2.32. The van der Waals surface area contributed by atoms with Crippen molar-refractivity contribution in [2.24, 2.45) is 47.3 Å². The molecule has 4 bridgehead atoms. The Morgan fingerprint density at radius 3 is 1.08 bits per heavy atom. The quantitative estimate of drug-likeness (QED) is 0.474. The number of imide groups is 2. The number of amides is 4. The highest BCUT2D eigenvalue weighted by Crippen LogP contribution is 2.54. The lowest BCUT2D eigenvalue weighted by molar-refractivity contribution is -0.124. The molecular weight excluding hydrogens is 468 g/mol. The van der Waals surface area contributed by atoms with Gasteiger partial charge in [0.15, 0.2) is 0 Å². The Hall–Kier alpha value is -4.00. The molecule has 4 fully saturated rings. The van der Waals surface area contributed by atoms with Crippen LogP contribution in [0.25, 0.3) is 0 Å². The topological polar surface area (TPSA) is 84.0 Å². The number of allylic oxidation sites excluding steroid dienone is 4. The van der Waals surface area contributed by atoms with Crippen LogP contribution in [-0.4, -0.2) is 23.6 Å². The van der Waals surface area contributed by atoms with Crippen LogP contribution >= 0.6 is 0 Å². The molecule has 2 heterocycles. The van der Waals surface area contributed by atoms with E-state index < -0.39 is 0 Å². The average molecular weight is 493 g/mol. The van der Waals surface area contributed by atoms with Crippen LogP contribution in [0.1, 0.15) is 12.8 Å². The normalized spacial score (nSPS) is 36.3. The third-order valence-electron chi connectivity index (χ3n) is 9.37. The van der Waals surface area contributed by atoms with Gasteiger partial charge in [-0.2, -0.15) is 0 Å². The summed E-state index contributed by atoms with van der Waals surface area (Å²) in [5.41, 5.74) is 1.12. The molecule has 37 heavy (non-hydrogen) atoms. The highest BCUT2D eigenvalue weighted by atomic mass is 16.5. The molecule has 2 aromatic rings. The largest absolute Gasteiger partial charge is 0.457 e. The Kier molecular flexibility index (Phi) is 4.15. The molecule has 2 saturated carbocycles. The zero-order chi connectivity index (χ0) is 25.0. The third-order valence-corrected chi connectivity index (χ3v) is 9.37. The first-order chi connectivity index (χ1) is 18.0. The summed E-state index contributed by atoms with van der Waals surface area (Å²) in [6.45, 7) is 0. The summed E-state index contributed by atoms with van der Waals surface area (Å²) < 4.78 is 5.96. The summed E-state index contributed by atoms with van der Waals surface area (Å²) in [6.07, 6.45) is 10.2. The van der Waals surface area contributed by atoms with Gasteiger partial charge in [0.05, 0.1) is 35.0 Å². The van der Waals surface area contributed by atoms with E-state index in [1.807, 2.05) is 0 Å². The molecule has 0 unspecified atom stereocenters. The van der Waals surface area contributed by atoms with Gasteiger partial charge >= 0.3 is 0 Å². The minimum absolute atomic E-state index is 0.102. The summed E-state index contributed by atoms with van der Waals surface area (Å²) in [7, 11) is 0. The van der Waals surface area contributed by atoms with Crippen LogP contribution in [0.4, 0.5) is 11.4 Å². The van der Waals surface area contributed by atoms with Gasteiger partial charge in [-0.3, -0.25) is 29.0 Å². The van der Waals surface area contributed by atoms with Crippen molar-refractivity contribution in [3.05, 3.63) is 72.8 Å². The second-order valence-corrected chi connectivity index (χ2v) is 11.1. The van der Waals surface area contributed by atoms with Gasteiger partial charge < -0.3 is 4.74 Å². The predicted molar refractivity (Wildman–Crippen MR) is 133 cm³/mol. The number of hydrogen-bond donors (Lipinski definition) is 0. The smallest absolute Gasteiger partial charge is 0.238 e. The lowest BCUT2D eigenvalue weighted by atomic mass is 9.85. The minimum atomic E-state index is -0.225. The Labute approximate surface area is 213 Å². The van der Waals surface area contributed by atoms with Crippen LogP contribution < -0.4 is 14.5 Å². The number of fused-ring (bicyclic) bond motifs is 10. The molecule has 2 saturated heterocycles. The Bertz CT molecular complexity index is 1270. The van der Waals surface area contributed by atoms with Crippen molar-refractivity contribution in [2.75, 3.05) is 9.80 Å². The lowest BCUT2D eigenvalue weighted by Gasteiger charge is -2.18. The van der Waals surface area contributed by atoms with Crippen molar-refractivity contribution in [2.45, 2.75) is 12.8 Å². The number of anilines is 2. The van der Waals surface area contributed by atoms with Crippen molar-refractivity contribution >= 4 is 35.0 Å². The molecule has 8 atom stereocenters. The Balaban J connectivity index is 0.973. The number of carbonyl (C=O) groups excluding carboxylic acids is 4. The zero-order valence-corrected chi connectivity index (χ0v) is 19.9. The van der Waals surface area contributed by atoms with E-state index in [0.29, 0.717) is 22.9 Å². The van der Waals surface area contributed by atoms with Crippen molar-refractivity contribution in [3.63, 3.8) is 0 Å². The molecular formula is C30H24N2O5. The molecule has 7 nitrogen and oxygen atoms in total. The molecule has 6 aliphatic rings. The van der Waals surface area contributed by atoms with Gasteiger partial charge in [-0.25, -0.2) is 0 Å². The monoisotopic (exact) mass is 492 g/mol. The van der Waals surface area contributed by atoms with Gasteiger partial charge in [0, 0.05) is 0 Å². The number of benzene rings is 2. The molecule has 8 rings (SSSR count). The van der Waals surface area contributed by atoms with Crippen molar-refractivity contribution < 1.29 is 23.9 Å². The van der Waals surface area contributed by atoms with Gasteiger partial charge in [-0.1, -0.05) is 24.3 Å². The SMILES string of the molecule is O=C1[C@@H]2[C@@H](C(=O)N1c1ccc(Oc3ccc(N4C(=O)[C@@H]5[C@H](C4=O)[C@H]4C=C[C@H]5C4)cc3)cc1)[C@H]1C=C[C@@H]2C1. The molecule has 0 spiro atoms. The molecule has 0 N–H and O–H groups in total. The zero-order valence-electron chi connectivity index (χ0n) is 19.9. The van der Waals surface area contributed by atoms with E-state index in [2.05, 4.69) is 24.3 Å². The summed E-state index contributed by atoms with van der Waals surface area (Å²) in [4.78, 5) is 54.8. The van der Waals surface area contributed by atoms with Crippen LogP contribution in [0.5, 0.6) is 11.5 Å². The highest BCUT2D eigenvalue weighted by Gasteiger charge is 2.60. The van der Waals surface area contributed by atoms with Gasteiger partial charge in [0.1, 0.15) is 11.5 Å². The second kappa shape index (κ2) is 7.28. The first kappa shape index (κ1) is 21.1. The number of hydrogen-bond acceptors (Lipinski definition) is 5. The number of nitrogens with zero attached hydrogens (tertiary/aromatic N) is 2. The number of ether oxygens (including phenoxy) is 1. The standard InChI is InChI=1S/C30H24N2O5/c33-27-23-15-1-2-16(13-15)24(23)28(34)31(27)19-5-9-21(10-6-19)37-22-11-7-20(8-12-22)32-29(35)25-17-3-4-18(14-17)26(25)30(32)36/h1-12,15-18,23-26H,13-14H2/t15-,16-,17-,18+,23-,24+,25-,26-/m0/s1. The molecule has 4 aliphatic carbocycles. The van der Waals surface area contributed by atoms with E-state index in [1.54, 1.807) is 48.5 Å². The van der Waals surface area contributed by atoms with Gasteiger partial charge in [-0.15, -0.1) is 0 Å². The van der Waals surface area contributed by atoms with Crippen LogP contribution in [0.3, 0.4) is 0 Å². The van der Waals surface area contributed by atoms with E-state index >= 15 is 0 Å². The van der Waals surface area contributed by atoms with Gasteiger partial charge in [-0.05, 0) is 85.0 Å². The Morgan fingerprint density at radius 1 is 0.486 bits per heavy atom. The maximum absolute atomic E-state index is 13.0. The maximum Gasteiger partial charge on any atom is 0.238 e. The summed E-state index contributed by atoms with van der Waals surface area (Å²) in [6, 6.07) is 13.9. The first-order valence-corrected chi connectivity index (χ1v) is 13.0. The average Bonchev–Trinajstić information content (AvgIpc) is 3.74. The van der Waals surface area contributed by atoms with E-state index in [4.69, 9.17) is 4.74 Å². The van der Waals surface area contributed by atoms with Gasteiger partial charge in [0.2, 0.25) is 23.6 Å². The van der Waals surface area contributed by atoms with Crippen molar-refractivity contribution in [1.29, 1.82) is 0 Å². The molecule has 184 valence electrons. The third kappa shape index (κ3) is 2.77. The molecule has 7 heteroatoms. The first-order valence-electron chi connectivity index (χ1n) is 13.0. The van der Waals surface area contributed by atoms with E-state index in [0.717, 1.165) is 12.8 Å². The molecule has 2 aliphatic heterocycles. The fourth-order valence-electron chi connectivity index (χ4n) is 7.78.